The molecule has 1 unspecified atom stereocenters. The number of hydrogen-bond donors (Lipinski definition) is 1. The molecular formula is C21H31N3O3. The van der Waals surface area contributed by atoms with Gasteiger partial charge in [0.1, 0.15) is 0 Å². The van der Waals surface area contributed by atoms with E-state index in [-0.39, 0.29) is 23.8 Å². The normalized spacial score (nSPS) is 25.6. The Hall–Kier alpha value is -1.82. The highest BCUT2D eigenvalue weighted by Crippen LogP contribution is 2.28. The molecule has 1 aromatic rings. The van der Waals surface area contributed by atoms with Crippen LogP contribution in [-0.4, -0.2) is 59.9 Å². The van der Waals surface area contributed by atoms with Crippen molar-refractivity contribution in [1.29, 1.82) is 0 Å². The molecule has 1 atom stereocenters. The number of hydrogen-bond acceptors (Lipinski definition) is 4. The van der Waals surface area contributed by atoms with Crippen LogP contribution in [0.15, 0.2) is 22.8 Å². The van der Waals surface area contributed by atoms with E-state index in [0.29, 0.717) is 24.9 Å². The van der Waals surface area contributed by atoms with Gasteiger partial charge in [0.2, 0.25) is 5.91 Å². The first-order valence-corrected chi connectivity index (χ1v) is 10.6. The fourth-order valence-electron chi connectivity index (χ4n) is 4.88. The van der Waals surface area contributed by atoms with Crippen LogP contribution < -0.4 is 5.32 Å². The van der Waals surface area contributed by atoms with Gasteiger partial charge < -0.3 is 14.6 Å². The largest absolute Gasteiger partial charge is 0.459 e. The molecule has 3 aliphatic rings. The molecule has 6 heteroatoms. The third-order valence-corrected chi connectivity index (χ3v) is 6.54. The van der Waals surface area contributed by atoms with E-state index in [9.17, 15) is 9.59 Å². The highest BCUT2D eigenvalue weighted by molar-refractivity contribution is 5.91. The van der Waals surface area contributed by atoms with Crippen molar-refractivity contribution in [1.82, 2.24) is 15.1 Å². The smallest absolute Gasteiger partial charge is 0.289 e. The van der Waals surface area contributed by atoms with Crippen molar-refractivity contribution in [2.24, 2.45) is 5.92 Å². The minimum Gasteiger partial charge on any atom is -0.459 e. The van der Waals surface area contributed by atoms with Crippen LogP contribution in [0.2, 0.25) is 0 Å². The Bertz CT molecular complexity index is 631. The number of nitrogens with one attached hydrogen (secondary N) is 1. The zero-order chi connectivity index (χ0) is 18.6. The van der Waals surface area contributed by atoms with E-state index in [1.165, 1.54) is 38.4 Å². The van der Waals surface area contributed by atoms with E-state index in [4.69, 9.17) is 4.42 Å². The lowest BCUT2D eigenvalue weighted by Gasteiger charge is -2.33. The molecule has 3 fully saturated rings. The van der Waals surface area contributed by atoms with E-state index < -0.39 is 0 Å². The molecule has 6 nitrogen and oxygen atoms in total. The topological polar surface area (TPSA) is 65.8 Å². The number of piperidine rings is 1. The Morgan fingerprint density at radius 2 is 1.78 bits per heavy atom. The predicted molar refractivity (Wildman–Crippen MR) is 102 cm³/mol. The second-order valence-electron chi connectivity index (χ2n) is 8.32. The van der Waals surface area contributed by atoms with Crippen LogP contribution in [0.1, 0.15) is 61.9 Å². The molecule has 0 spiro atoms. The number of likely N-dealkylation sites (tertiary alicyclic amines) is 2. The third-order valence-electron chi connectivity index (χ3n) is 6.54. The Morgan fingerprint density at radius 3 is 2.48 bits per heavy atom. The quantitative estimate of drug-likeness (QED) is 0.881. The molecule has 4 rings (SSSR count). The van der Waals surface area contributed by atoms with E-state index in [2.05, 4.69) is 10.2 Å². The van der Waals surface area contributed by atoms with Crippen LogP contribution in [0.5, 0.6) is 0 Å². The number of furan rings is 1. The molecule has 0 aromatic carbocycles. The average Bonchev–Trinajstić information content (AvgIpc) is 3.41. The van der Waals surface area contributed by atoms with E-state index in [1.807, 2.05) is 4.90 Å². The molecule has 3 heterocycles. The number of carbonyl (C=O) groups excluding carboxylic acids is 2. The summed E-state index contributed by atoms with van der Waals surface area (Å²) < 4.78 is 5.20. The number of rotatable bonds is 4. The van der Waals surface area contributed by atoms with E-state index >= 15 is 0 Å². The van der Waals surface area contributed by atoms with Gasteiger partial charge >= 0.3 is 0 Å². The van der Waals surface area contributed by atoms with Crippen LogP contribution in [-0.2, 0) is 4.79 Å². The van der Waals surface area contributed by atoms with Gasteiger partial charge in [0.15, 0.2) is 5.76 Å². The summed E-state index contributed by atoms with van der Waals surface area (Å²) in [6.45, 7) is 3.33. The fourth-order valence-corrected chi connectivity index (χ4v) is 4.88. The Morgan fingerprint density at radius 1 is 1.00 bits per heavy atom. The number of amides is 2. The Kier molecular flexibility index (Phi) is 5.81. The zero-order valence-electron chi connectivity index (χ0n) is 16.1. The van der Waals surface area contributed by atoms with Gasteiger partial charge in [0, 0.05) is 31.7 Å². The SMILES string of the molecule is O=C(NC1CCN(C(=O)c2ccco2)CC1)C1CCN(C2CCCCC2)C1. The highest BCUT2D eigenvalue weighted by atomic mass is 16.3. The van der Waals surface area contributed by atoms with Gasteiger partial charge in [-0.3, -0.25) is 14.5 Å². The standard InChI is InChI=1S/C21H31N3O3/c25-20(16-8-11-24(15-16)18-5-2-1-3-6-18)22-17-9-12-23(13-10-17)21(26)19-7-4-14-27-19/h4,7,14,16-18H,1-3,5-6,8-13,15H2,(H,22,25). The van der Waals surface area contributed by atoms with Crippen molar-refractivity contribution in [3.63, 3.8) is 0 Å². The zero-order valence-corrected chi connectivity index (χ0v) is 16.1. The van der Waals surface area contributed by atoms with Gasteiger partial charge in [-0.1, -0.05) is 19.3 Å². The van der Waals surface area contributed by atoms with Gasteiger partial charge in [-0.05, 0) is 50.8 Å². The molecule has 2 amide bonds. The maximum Gasteiger partial charge on any atom is 0.289 e. The van der Waals surface area contributed by atoms with Crippen LogP contribution in [0.25, 0.3) is 0 Å². The summed E-state index contributed by atoms with van der Waals surface area (Å²) in [5.74, 6) is 0.689. The van der Waals surface area contributed by atoms with Gasteiger partial charge in [0.25, 0.3) is 5.91 Å². The van der Waals surface area contributed by atoms with Crippen molar-refractivity contribution in [2.75, 3.05) is 26.2 Å². The molecule has 1 aliphatic carbocycles. The molecule has 0 radical (unpaired) electrons. The van der Waals surface area contributed by atoms with Crippen LogP contribution >= 0.6 is 0 Å². The van der Waals surface area contributed by atoms with E-state index in [0.717, 1.165) is 32.4 Å². The molecule has 0 bridgehead atoms. The summed E-state index contributed by atoms with van der Waals surface area (Å²) in [6.07, 6.45) is 10.8. The molecule has 2 saturated heterocycles. The minimum absolute atomic E-state index is 0.0521. The fraction of sp³-hybridized carbons (Fsp3) is 0.714. The maximum absolute atomic E-state index is 12.7. The number of carbonyl (C=O) groups is 2. The summed E-state index contributed by atoms with van der Waals surface area (Å²) in [5, 5.41) is 3.25. The second-order valence-corrected chi connectivity index (χ2v) is 8.32. The summed E-state index contributed by atoms with van der Waals surface area (Å²) in [4.78, 5) is 29.4. The molecule has 27 heavy (non-hydrogen) atoms. The summed E-state index contributed by atoms with van der Waals surface area (Å²) in [6, 6.07) is 4.32. The maximum atomic E-state index is 12.7. The Labute approximate surface area is 161 Å². The lowest BCUT2D eigenvalue weighted by atomic mass is 9.94. The monoisotopic (exact) mass is 373 g/mol. The Balaban J connectivity index is 1.21. The van der Waals surface area contributed by atoms with Crippen molar-refractivity contribution in [3.05, 3.63) is 24.2 Å². The van der Waals surface area contributed by atoms with Crippen LogP contribution in [0.3, 0.4) is 0 Å². The minimum atomic E-state index is -0.0521. The summed E-state index contributed by atoms with van der Waals surface area (Å²) in [5.41, 5.74) is 0. The molecular weight excluding hydrogens is 342 g/mol. The first-order chi connectivity index (χ1) is 13.2. The van der Waals surface area contributed by atoms with Gasteiger partial charge in [-0.25, -0.2) is 0 Å². The predicted octanol–water partition coefficient (Wildman–Crippen LogP) is 2.65. The molecule has 1 aromatic heterocycles. The van der Waals surface area contributed by atoms with Crippen molar-refractivity contribution < 1.29 is 14.0 Å². The van der Waals surface area contributed by atoms with Crippen LogP contribution in [0.4, 0.5) is 0 Å². The van der Waals surface area contributed by atoms with Gasteiger partial charge in [0.05, 0.1) is 12.2 Å². The van der Waals surface area contributed by atoms with Gasteiger partial charge in [-0.15, -0.1) is 0 Å². The first kappa shape index (κ1) is 18.5. The first-order valence-electron chi connectivity index (χ1n) is 10.6. The van der Waals surface area contributed by atoms with Crippen molar-refractivity contribution >= 4 is 11.8 Å². The van der Waals surface area contributed by atoms with Crippen molar-refractivity contribution in [3.8, 4) is 0 Å². The summed E-state index contributed by atoms with van der Waals surface area (Å²) >= 11 is 0. The molecule has 2 aliphatic heterocycles. The highest BCUT2D eigenvalue weighted by Gasteiger charge is 2.34. The average molecular weight is 373 g/mol. The molecule has 1 saturated carbocycles. The third kappa shape index (κ3) is 4.37. The van der Waals surface area contributed by atoms with Crippen molar-refractivity contribution in [2.45, 2.75) is 63.5 Å². The lowest BCUT2D eigenvalue weighted by molar-refractivity contribution is -0.125. The van der Waals surface area contributed by atoms with E-state index in [1.54, 1.807) is 12.1 Å². The van der Waals surface area contributed by atoms with Gasteiger partial charge in [-0.2, -0.15) is 0 Å². The molecule has 148 valence electrons. The molecule has 1 N–H and O–H groups in total. The number of nitrogens with zero attached hydrogens (tertiary/aromatic N) is 2. The van der Waals surface area contributed by atoms with Crippen LogP contribution in [0, 0.1) is 5.92 Å². The summed E-state index contributed by atoms with van der Waals surface area (Å²) in [7, 11) is 0. The second kappa shape index (κ2) is 8.46. The lowest BCUT2D eigenvalue weighted by Crippen LogP contribution is -2.48.